The van der Waals surface area contributed by atoms with Crippen LogP contribution in [0, 0.1) is 13.8 Å². The van der Waals surface area contributed by atoms with Crippen LogP contribution in [0.25, 0.3) is 11.1 Å². The van der Waals surface area contributed by atoms with Crippen LogP contribution >= 0.6 is 0 Å². The molecule has 0 unspecified atom stereocenters. The Kier molecular flexibility index (Phi) is 6.01. The van der Waals surface area contributed by atoms with Crippen molar-refractivity contribution in [2.75, 3.05) is 23.7 Å². The normalized spacial score (nSPS) is 15.3. The van der Waals surface area contributed by atoms with Crippen LogP contribution in [0.15, 0.2) is 30.6 Å². The van der Waals surface area contributed by atoms with Gasteiger partial charge in [-0.05, 0) is 53.0 Å². The second-order valence-electron chi connectivity index (χ2n) is 8.91. The molecule has 1 aromatic carbocycles. The van der Waals surface area contributed by atoms with E-state index in [4.69, 9.17) is 10.5 Å². The van der Waals surface area contributed by atoms with Crippen molar-refractivity contribution >= 4 is 17.5 Å². The van der Waals surface area contributed by atoms with Crippen LogP contribution in [-0.4, -0.2) is 35.8 Å². The average molecular weight is 397 g/mol. The number of piperidine rings is 1. The largest absolute Gasteiger partial charge is 0.444 e. The quantitative estimate of drug-likeness (QED) is 0.802. The highest BCUT2D eigenvalue weighted by Gasteiger charge is 2.26. The topological polar surface area (TPSA) is 80.5 Å². The fraction of sp³-hybridized carbons (Fsp3) is 0.478. The molecule has 0 radical (unpaired) electrons. The number of hydrogen-bond acceptors (Lipinski definition) is 5. The number of rotatable bonds is 3. The number of aryl methyl sites for hydroxylation is 2. The number of anilines is 2. The van der Waals surface area contributed by atoms with Gasteiger partial charge in [-0.15, -0.1) is 0 Å². The summed E-state index contributed by atoms with van der Waals surface area (Å²) in [6.45, 7) is 11.4. The number of amides is 1. The van der Waals surface area contributed by atoms with Gasteiger partial charge in [0.05, 0.1) is 17.6 Å². The summed E-state index contributed by atoms with van der Waals surface area (Å²) in [4.78, 5) is 18.7. The minimum atomic E-state index is -0.489. The number of aromatic nitrogens is 1. The lowest BCUT2D eigenvalue weighted by molar-refractivity contribution is 0.0497. The molecule has 156 valence electrons. The number of nitrogens with zero attached hydrogens (tertiary/aromatic N) is 2. The predicted molar refractivity (Wildman–Crippen MR) is 118 cm³/mol. The maximum Gasteiger partial charge on any atom is 0.407 e. The standard InChI is InChI=1S/C23H32N4O2/c1-15-10-16(2)12-17(11-15)19-13-25-14-20(24)21(19)27-8-6-18(7-9-27)26-22(28)29-23(3,4)5/h10-14,18H,6-9,24H2,1-5H3,(H,26,28). The summed E-state index contributed by atoms with van der Waals surface area (Å²) in [7, 11) is 0. The van der Waals surface area contributed by atoms with E-state index in [-0.39, 0.29) is 12.1 Å². The first-order chi connectivity index (χ1) is 13.6. The Hall–Kier alpha value is -2.76. The summed E-state index contributed by atoms with van der Waals surface area (Å²) in [5.41, 5.74) is 12.2. The summed E-state index contributed by atoms with van der Waals surface area (Å²) >= 11 is 0. The summed E-state index contributed by atoms with van der Waals surface area (Å²) < 4.78 is 5.38. The van der Waals surface area contributed by atoms with Gasteiger partial charge in [-0.1, -0.05) is 29.3 Å². The number of nitrogens with one attached hydrogen (secondary N) is 1. The number of carbonyl (C=O) groups excluding carboxylic acids is 1. The van der Waals surface area contributed by atoms with Crippen LogP contribution in [0.2, 0.25) is 0 Å². The average Bonchev–Trinajstić information content (AvgIpc) is 2.60. The predicted octanol–water partition coefficient (Wildman–Crippen LogP) is 4.44. The summed E-state index contributed by atoms with van der Waals surface area (Å²) in [5, 5.41) is 2.99. The molecule has 2 heterocycles. The number of benzene rings is 1. The molecule has 6 nitrogen and oxygen atoms in total. The fourth-order valence-electron chi connectivity index (χ4n) is 3.89. The van der Waals surface area contributed by atoms with Gasteiger partial charge in [0, 0.05) is 30.9 Å². The van der Waals surface area contributed by atoms with E-state index in [1.807, 2.05) is 27.0 Å². The van der Waals surface area contributed by atoms with Crippen LogP contribution in [0.5, 0.6) is 0 Å². The number of ether oxygens (including phenoxy) is 1. The SMILES string of the molecule is Cc1cc(C)cc(-c2cncc(N)c2N2CCC(NC(=O)OC(C)(C)C)CC2)c1. The first-order valence-corrected chi connectivity index (χ1v) is 10.2. The van der Waals surface area contributed by atoms with E-state index in [1.165, 1.54) is 11.1 Å². The van der Waals surface area contributed by atoms with E-state index >= 15 is 0 Å². The molecule has 3 rings (SSSR count). The minimum absolute atomic E-state index is 0.105. The first kappa shape index (κ1) is 21.0. The number of nitrogens with two attached hydrogens (primary N) is 1. The van der Waals surface area contributed by atoms with Gasteiger partial charge >= 0.3 is 6.09 Å². The molecule has 1 aliphatic rings. The van der Waals surface area contributed by atoms with Crippen LogP contribution in [0.4, 0.5) is 16.2 Å². The van der Waals surface area contributed by atoms with Crippen LogP contribution < -0.4 is 16.0 Å². The molecular formula is C23H32N4O2. The monoisotopic (exact) mass is 396 g/mol. The highest BCUT2D eigenvalue weighted by Crippen LogP contribution is 2.37. The summed E-state index contributed by atoms with van der Waals surface area (Å²) in [6.07, 6.45) is 4.94. The van der Waals surface area contributed by atoms with Crippen molar-refractivity contribution in [2.45, 2.75) is 59.1 Å². The van der Waals surface area contributed by atoms with Gasteiger partial charge in [0.2, 0.25) is 0 Å². The van der Waals surface area contributed by atoms with Crippen LogP contribution in [0.3, 0.4) is 0 Å². The molecule has 6 heteroatoms. The number of carbonyl (C=O) groups is 1. The number of pyridine rings is 1. The van der Waals surface area contributed by atoms with Gasteiger partial charge < -0.3 is 20.7 Å². The zero-order valence-electron chi connectivity index (χ0n) is 18.1. The molecular weight excluding hydrogens is 364 g/mol. The molecule has 0 saturated carbocycles. The Morgan fingerprint density at radius 2 is 1.76 bits per heavy atom. The van der Waals surface area contributed by atoms with Crippen LogP contribution in [-0.2, 0) is 4.74 Å². The molecule has 1 saturated heterocycles. The molecule has 3 N–H and O–H groups in total. The smallest absolute Gasteiger partial charge is 0.407 e. The Morgan fingerprint density at radius 3 is 2.34 bits per heavy atom. The second kappa shape index (κ2) is 8.31. The Morgan fingerprint density at radius 1 is 1.14 bits per heavy atom. The van der Waals surface area contributed by atoms with Gasteiger partial charge in [-0.25, -0.2) is 4.79 Å². The van der Waals surface area contributed by atoms with Crippen molar-refractivity contribution in [1.82, 2.24) is 10.3 Å². The van der Waals surface area contributed by atoms with Crippen molar-refractivity contribution in [3.63, 3.8) is 0 Å². The van der Waals surface area contributed by atoms with Gasteiger partial charge in [-0.3, -0.25) is 4.98 Å². The highest BCUT2D eigenvalue weighted by molar-refractivity contribution is 5.86. The Bertz CT molecular complexity index is 861. The molecule has 1 aliphatic heterocycles. The van der Waals surface area contributed by atoms with Gasteiger partial charge in [-0.2, -0.15) is 0 Å². The lowest BCUT2D eigenvalue weighted by atomic mass is 9.98. The molecule has 0 spiro atoms. The Balaban J connectivity index is 1.75. The molecule has 29 heavy (non-hydrogen) atoms. The highest BCUT2D eigenvalue weighted by atomic mass is 16.6. The third-order valence-electron chi connectivity index (χ3n) is 5.01. The van der Waals surface area contributed by atoms with Crippen LogP contribution in [0.1, 0.15) is 44.7 Å². The van der Waals surface area contributed by atoms with Crippen molar-refractivity contribution in [1.29, 1.82) is 0 Å². The van der Waals surface area contributed by atoms with E-state index in [0.29, 0.717) is 5.69 Å². The zero-order valence-corrected chi connectivity index (χ0v) is 18.1. The lowest BCUT2D eigenvalue weighted by Gasteiger charge is -2.36. The third-order valence-corrected chi connectivity index (χ3v) is 5.01. The van der Waals surface area contributed by atoms with E-state index in [2.05, 4.69) is 47.2 Å². The third kappa shape index (κ3) is 5.40. The molecule has 0 aliphatic carbocycles. The van der Waals surface area contributed by atoms with Crippen molar-refractivity contribution in [3.05, 3.63) is 41.7 Å². The Labute approximate surface area is 173 Å². The van der Waals surface area contributed by atoms with Gasteiger partial charge in [0.25, 0.3) is 0 Å². The summed E-state index contributed by atoms with van der Waals surface area (Å²) in [5.74, 6) is 0. The molecule has 1 fully saturated rings. The van der Waals surface area contributed by atoms with Crippen molar-refractivity contribution in [2.24, 2.45) is 0 Å². The molecule has 0 bridgehead atoms. The summed E-state index contributed by atoms with van der Waals surface area (Å²) in [6, 6.07) is 6.61. The van der Waals surface area contributed by atoms with Gasteiger partial charge in [0.1, 0.15) is 5.60 Å². The van der Waals surface area contributed by atoms with E-state index < -0.39 is 5.60 Å². The lowest BCUT2D eigenvalue weighted by Crippen LogP contribution is -2.46. The second-order valence-corrected chi connectivity index (χ2v) is 8.91. The fourth-order valence-corrected chi connectivity index (χ4v) is 3.89. The van der Waals surface area contributed by atoms with E-state index in [0.717, 1.165) is 42.7 Å². The zero-order chi connectivity index (χ0) is 21.2. The van der Waals surface area contributed by atoms with Crippen molar-refractivity contribution in [3.8, 4) is 11.1 Å². The number of nitrogen functional groups attached to an aromatic ring is 1. The van der Waals surface area contributed by atoms with Crippen molar-refractivity contribution < 1.29 is 9.53 Å². The number of hydrogen-bond donors (Lipinski definition) is 2. The maximum absolute atomic E-state index is 12.1. The number of alkyl carbamates (subject to hydrolysis) is 1. The maximum atomic E-state index is 12.1. The minimum Gasteiger partial charge on any atom is -0.444 e. The molecule has 2 aromatic rings. The van der Waals surface area contributed by atoms with E-state index in [1.54, 1.807) is 6.20 Å². The molecule has 1 aromatic heterocycles. The van der Waals surface area contributed by atoms with Gasteiger partial charge in [0.15, 0.2) is 0 Å². The van der Waals surface area contributed by atoms with E-state index in [9.17, 15) is 4.79 Å². The molecule has 0 atom stereocenters. The molecule has 1 amide bonds. The first-order valence-electron chi connectivity index (χ1n) is 10.2.